The highest BCUT2D eigenvalue weighted by Gasteiger charge is 2.52. The summed E-state index contributed by atoms with van der Waals surface area (Å²) in [6.45, 7) is 0. The molecular formula is C26H14Br4. The van der Waals surface area contributed by atoms with Gasteiger partial charge in [0.25, 0.3) is 0 Å². The van der Waals surface area contributed by atoms with E-state index in [9.17, 15) is 0 Å². The number of benzene rings is 4. The Kier molecular flexibility index (Phi) is 4.48. The first-order valence-electron chi connectivity index (χ1n) is 9.64. The van der Waals surface area contributed by atoms with Gasteiger partial charge in [0.05, 0.1) is 5.41 Å². The summed E-state index contributed by atoms with van der Waals surface area (Å²) < 4.78 is 3.32. The average Bonchev–Trinajstić information content (AvgIpc) is 3.18. The lowest BCUT2D eigenvalue weighted by Crippen LogP contribution is -2.26. The fraction of sp³-hybridized carbons (Fsp3) is 0.0769. The Bertz CT molecular complexity index is 1300. The van der Waals surface area contributed by atoms with Crippen LogP contribution in [0.25, 0.3) is 22.3 Å². The topological polar surface area (TPSA) is 0 Å². The van der Waals surface area contributed by atoms with E-state index in [1.54, 1.807) is 0 Å². The number of rotatable bonds is 1. The maximum atomic E-state index is 3.75. The second-order valence-corrected chi connectivity index (χ2v) is 11.1. The van der Waals surface area contributed by atoms with Crippen molar-refractivity contribution < 1.29 is 0 Å². The minimum Gasteiger partial charge on any atom is -0.0876 e. The van der Waals surface area contributed by atoms with Crippen LogP contribution in [0.5, 0.6) is 0 Å². The van der Waals surface area contributed by atoms with Crippen molar-refractivity contribution in [2.24, 2.45) is 0 Å². The molecule has 0 aliphatic heterocycles. The van der Waals surface area contributed by atoms with E-state index < -0.39 is 0 Å². The predicted molar refractivity (Wildman–Crippen MR) is 138 cm³/mol. The van der Waals surface area contributed by atoms with Crippen molar-refractivity contribution in [2.45, 2.75) is 10.7 Å². The van der Waals surface area contributed by atoms with Crippen molar-refractivity contribution in [3.8, 4) is 22.3 Å². The minimum atomic E-state index is -0.329. The van der Waals surface area contributed by atoms with E-state index in [-0.39, 0.29) is 5.41 Å². The van der Waals surface area contributed by atoms with Crippen LogP contribution in [0.4, 0.5) is 0 Å². The second-order valence-electron chi connectivity index (χ2n) is 7.83. The molecule has 0 unspecified atom stereocenters. The Morgan fingerprint density at radius 1 is 0.500 bits per heavy atom. The first-order valence-corrected chi connectivity index (χ1v) is 13.1. The summed E-state index contributed by atoms with van der Waals surface area (Å²) in [6.07, 6.45) is 0. The molecule has 0 atom stereocenters. The molecule has 4 aromatic carbocycles. The van der Waals surface area contributed by atoms with Gasteiger partial charge in [-0.15, -0.1) is 0 Å². The van der Waals surface area contributed by atoms with Crippen LogP contribution in [0.2, 0.25) is 0 Å². The number of hydrogen-bond acceptors (Lipinski definition) is 0. The molecule has 6 rings (SSSR count). The van der Waals surface area contributed by atoms with Gasteiger partial charge in [-0.05, 0) is 86.5 Å². The molecule has 0 bridgehead atoms. The minimum absolute atomic E-state index is 0.329. The summed E-state index contributed by atoms with van der Waals surface area (Å²) in [5, 5.41) is 0.840. The Labute approximate surface area is 209 Å². The predicted octanol–water partition coefficient (Wildman–Crippen LogP) is 9.21. The van der Waals surface area contributed by atoms with Crippen LogP contribution in [0.3, 0.4) is 0 Å². The zero-order chi connectivity index (χ0) is 20.6. The lowest BCUT2D eigenvalue weighted by Gasteiger charge is -2.31. The highest BCUT2D eigenvalue weighted by Crippen LogP contribution is 2.63. The molecule has 4 heteroatoms. The fourth-order valence-electron chi connectivity index (χ4n) is 5.27. The molecule has 0 radical (unpaired) electrons. The first-order chi connectivity index (χ1) is 14.5. The van der Waals surface area contributed by atoms with Gasteiger partial charge in [-0.25, -0.2) is 0 Å². The Hall–Kier alpha value is -1.20. The molecule has 0 saturated heterocycles. The maximum Gasteiger partial charge on any atom is 0.0726 e. The molecule has 0 nitrogen and oxygen atoms in total. The lowest BCUT2D eigenvalue weighted by molar-refractivity contribution is 0.790. The Balaban J connectivity index is 1.86. The van der Waals surface area contributed by atoms with Crippen LogP contribution in [0, 0.1) is 0 Å². The summed E-state index contributed by atoms with van der Waals surface area (Å²) in [4.78, 5) is 0. The molecule has 0 saturated carbocycles. The SMILES string of the molecule is BrCc1ccc2c(c1)C1(c3cc(Br)ccc3-c3ccc(Br)cc31)c1cc(Br)ccc1-2. The Morgan fingerprint density at radius 2 is 0.867 bits per heavy atom. The highest BCUT2D eigenvalue weighted by atomic mass is 79.9. The van der Waals surface area contributed by atoms with E-state index in [1.165, 1.54) is 50.1 Å². The summed E-state index contributed by atoms with van der Waals surface area (Å²) in [5.74, 6) is 0. The van der Waals surface area contributed by atoms with Crippen LogP contribution >= 0.6 is 63.7 Å². The third kappa shape index (κ3) is 2.48. The molecule has 0 N–H and O–H groups in total. The van der Waals surface area contributed by atoms with Gasteiger partial charge in [0.15, 0.2) is 0 Å². The maximum absolute atomic E-state index is 3.75. The molecule has 146 valence electrons. The molecule has 30 heavy (non-hydrogen) atoms. The van der Waals surface area contributed by atoms with Crippen LogP contribution in [0.1, 0.15) is 27.8 Å². The van der Waals surface area contributed by atoms with E-state index in [2.05, 4.69) is 137 Å². The van der Waals surface area contributed by atoms with Crippen molar-refractivity contribution in [2.75, 3.05) is 0 Å². The fourth-order valence-corrected chi connectivity index (χ4v) is 6.71. The van der Waals surface area contributed by atoms with Crippen molar-refractivity contribution in [1.82, 2.24) is 0 Å². The van der Waals surface area contributed by atoms with Gasteiger partial charge in [0.2, 0.25) is 0 Å². The summed E-state index contributed by atoms with van der Waals surface area (Å²) in [5.41, 5.74) is 11.6. The van der Waals surface area contributed by atoms with Gasteiger partial charge in [-0.1, -0.05) is 100 Å². The highest BCUT2D eigenvalue weighted by molar-refractivity contribution is 9.11. The van der Waals surface area contributed by atoms with Crippen molar-refractivity contribution in [1.29, 1.82) is 0 Å². The standard InChI is InChI=1S/C26H14Br4/c27-13-14-1-5-18-19-6-2-15(28)10-23(19)26(22(18)9-14)24-11-16(29)3-7-20(24)21-8-4-17(30)12-25(21)26/h1-12H,13H2. The molecule has 1 spiro atoms. The summed E-state index contributed by atoms with van der Waals surface area (Å²) in [6, 6.07) is 27.1. The number of halogens is 4. The smallest absolute Gasteiger partial charge is 0.0726 e. The van der Waals surface area contributed by atoms with Gasteiger partial charge in [0.1, 0.15) is 0 Å². The van der Waals surface area contributed by atoms with Gasteiger partial charge < -0.3 is 0 Å². The third-order valence-electron chi connectivity index (χ3n) is 6.38. The van der Waals surface area contributed by atoms with E-state index in [4.69, 9.17) is 0 Å². The molecule has 0 amide bonds. The lowest BCUT2D eigenvalue weighted by atomic mass is 9.70. The first kappa shape index (κ1) is 19.5. The number of alkyl halides is 1. The largest absolute Gasteiger partial charge is 0.0876 e. The van der Waals surface area contributed by atoms with Crippen LogP contribution in [-0.4, -0.2) is 0 Å². The van der Waals surface area contributed by atoms with Crippen LogP contribution in [0.15, 0.2) is 86.2 Å². The van der Waals surface area contributed by atoms with E-state index in [0.29, 0.717) is 0 Å². The van der Waals surface area contributed by atoms with Crippen LogP contribution in [-0.2, 0) is 10.7 Å². The monoisotopic (exact) mass is 642 g/mol. The second kappa shape index (κ2) is 6.90. The third-order valence-corrected chi connectivity index (χ3v) is 8.51. The zero-order valence-corrected chi connectivity index (χ0v) is 22.0. The van der Waals surface area contributed by atoms with Gasteiger partial charge in [0, 0.05) is 18.7 Å². The molecule has 4 aromatic rings. The number of hydrogen-bond donors (Lipinski definition) is 0. The van der Waals surface area contributed by atoms with Crippen molar-refractivity contribution >= 4 is 63.7 Å². The molecule has 2 aliphatic rings. The van der Waals surface area contributed by atoms with E-state index >= 15 is 0 Å². The van der Waals surface area contributed by atoms with Gasteiger partial charge >= 0.3 is 0 Å². The molecule has 2 aliphatic carbocycles. The molecule has 0 aromatic heterocycles. The van der Waals surface area contributed by atoms with Crippen LogP contribution < -0.4 is 0 Å². The average molecular weight is 646 g/mol. The molecule has 0 fully saturated rings. The molecule has 0 heterocycles. The van der Waals surface area contributed by atoms with Crippen molar-refractivity contribution in [3.05, 3.63) is 114 Å². The van der Waals surface area contributed by atoms with Crippen molar-refractivity contribution in [3.63, 3.8) is 0 Å². The van der Waals surface area contributed by atoms with Gasteiger partial charge in [-0.3, -0.25) is 0 Å². The zero-order valence-electron chi connectivity index (χ0n) is 15.6. The normalized spacial score (nSPS) is 14.4. The van der Waals surface area contributed by atoms with Gasteiger partial charge in [-0.2, -0.15) is 0 Å². The Morgan fingerprint density at radius 3 is 1.27 bits per heavy atom. The quantitative estimate of drug-likeness (QED) is 0.156. The number of fused-ring (bicyclic) bond motifs is 10. The molecular weight excluding hydrogens is 632 g/mol. The van der Waals surface area contributed by atoms with E-state index in [0.717, 1.165) is 18.7 Å². The van der Waals surface area contributed by atoms with E-state index in [1.807, 2.05) is 0 Å². The summed E-state index contributed by atoms with van der Waals surface area (Å²) in [7, 11) is 0. The summed E-state index contributed by atoms with van der Waals surface area (Å²) >= 11 is 14.9.